The normalized spacial score (nSPS) is 11.6. The molecule has 17 heavy (non-hydrogen) atoms. The van der Waals surface area contributed by atoms with Crippen LogP contribution in [0.4, 0.5) is 11.6 Å². The molecule has 0 spiro atoms. The molecule has 7 nitrogen and oxygen atoms in total. The number of hydrogen-bond donors (Lipinski definition) is 1. The number of nitro groups is 1. The first-order chi connectivity index (χ1) is 7.63. The Morgan fingerprint density at radius 3 is 2.53 bits per heavy atom. The molecule has 0 bridgehead atoms. The highest BCUT2D eigenvalue weighted by Crippen LogP contribution is 2.27. The Balaban J connectivity index is 3.16. The molecule has 0 atom stereocenters. The van der Waals surface area contributed by atoms with Crippen LogP contribution in [0.5, 0.6) is 0 Å². The molecular formula is C10H18N4O3. The maximum absolute atomic E-state index is 10.9. The molecular weight excluding hydrogens is 224 g/mol. The number of imidazole rings is 1. The lowest BCUT2D eigenvalue weighted by Gasteiger charge is -2.26. The average Bonchev–Trinajstić information content (AvgIpc) is 2.40. The van der Waals surface area contributed by atoms with E-state index in [4.69, 9.17) is 0 Å². The van der Waals surface area contributed by atoms with Crippen LogP contribution in [0.1, 0.15) is 19.7 Å². The van der Waals surface area contributed by atoms with Crippen LogP contribution in [0.2, 0.25) is 0 Å². The zero-order valence-electron chi connectivity index (χ0n) is 10.8. The summed E-state index contributed by atoms with van der Waals surface area (Å²) in [5.41, 5.74) is -0.930. The molecule has 96 valence electrons. The molecule has 1 N–H and O–H groups in total. The van der Waals surface area contributed by atoms with Crippen molar-refractivity contribution in [3.8, 4) is 0 Å². The number of anilines is 1. The second-order valence-corrected chi connectivity index (χ2v) is 4.79. The summed E-state index contributed by atoms with van der Waals surface area (Å²) in [6, 6.07) is 0. The molecule has 0 unspecified atom stereocenters. The standard InChI is InChI=1S/C10H18N4O3/c1-7-11-8(14(16)17)9(13(7)5)12(4)6-10(2,3)15/h15H,6H2,1-5H3. The summed E-state index contributed by atoms with van der Waals surface area (Å²) < 4.78 is 1.64. The van der Waals surface area contributed by atoms with E-state index in [-0.39, 0.29) is 12.4 Å². The molecule has 1 heterocycles. The first-order valence-electron chi connectivity index (χ1n) is 5.24. The lowest BCUT2D eigenvalue weighted by molar-refractivity contribution is -0.388. The topological polar surface area (TPSA) is 84.4 Å². The third kappa shape index (κ3) is 2.94. The maximum Gasteiger partial charge on any atom is 0.406 e. The summed E-state index contributed by atoms with van der Waals surface area (Å²) in [5.74, 6) is 0.778. The predicted octanol–water partition coefficient (Wildman–Crippen LogP) is 0.844. The van der Waals surface area contributed by atoms with Gasteiger partial charge < -0.3 is 20.1 Å². The lowest BCUT2D eigenvalue weighted by atomic mass is 10.1. The Morgan fingerprint density at radius 2 is 2.12 bits per heavy atom. The van der Waals surface area contributed by atoms with Crippen molar-refractivity contribution < 1.29 is 10.0 Å². The van der Waals surface area contributed by atoms with E-state index in [1.54, 1.807) is 44.3 Å². The van der Waals surface area contributed by atoms with Gasteiger partial charge >= 0.3 is 5.82 Å². The highest BCUT2D eigenvalue weighted by atomic mass is 16.6. The van der Waals surface area contributed by atoms with Crippen LogP contribution >= 0.6 is 0 Å². The van der Waals surface area contributed by atoms with Gasteiger partial charge in [-0.05, 0) is 23.8 Å². The zero-order chi connectivity index (χ0) is 13.4. The number of aliphatic hydroxyl groups is 1. The fourth-order valence-electron chi connectivity index (χ4n) is 1.79. The largest absolute Gasteiger partial charge is 0.406 e. The Kier molecular flexibility index (Phi) is 3.42. The van der Waals surface area contributed by atoms with Crippen molar-refractivity contribution in [2.45, 2.75) is 26.4 Å². The highest BCUT2D eigenvalue weighted by molar-refractivity contribution is 5.55. The van der Waals surface area contributed by atoms with Gasteiger partial charge in [0.15, 0.2) is 0 Å². The molecule has 1 aromatic heterocycles. The van der Waals surface area contributed by atoms with Gasteiger partial charge in [0.2, 0.25) is 11.6 Å². The minimum atomic E-state index is -0.930. The van der Waals surface area contributed by atoms with Gasteiger partial charge in [-0.25, -0.2) is 0 Å². The fraction of sp³-hybridized carbons (Fsp3) is 0.700. The number of aryl methyl sites for hydroxylation is 1. The number of rotatable bonds is 4. The van der Waals surface area contributed by atoms with Crippen molar-refractivity contribution in [3.63, 3.8) is 0 Å². The van der Waals surface area contributed by atoms with Crippen LogP contribution in [0.25, 0.3) is 0 Å². The van der Waals surface area contributed by atoms with E-state index < -0.39 is 10.5 Å². The van der Waals surface area contributed by atoms with Crippen molar-refractivity contribution in [2.24, 2.45) is 7.05 Å². The summed E-state index contributed by atoms with van der Waals surface area (Å²) in [6.07, 6.45) is 0. The first-order valence-corrected chi connectivity index (χ1v) is 5.24. The number of nitrogens with zero attached hydrogens (tertiary/aromatic N) is 4. The molecule has 0 fully saturated rings. The van der Waals surface area contributed by atoms with Crippen LogP contribution in [-0.4, -0.2) is 38.8 Å². The molecule has 1 rings (SSSR count). The van der Waals surface area contributed by atoms with E-state index in [1.165, 1.54) is 0 Å². The summed E-state index contributed by atoms with van der Waals surface area (Å²) in [5, 5.41) is 20.6. The second-order valence-electron chi connectivity index (χ2n) is 4.79. The quantitative estimate of drug-likeness (QED) is 0.624. The Hall–Kier alpha value is -1.63. The van der Waals surface area contributed by atoms with Crippen LogP contribution in [-0.2, 0) is 7.05 Å². The molecule has 7 heteroatoms. The third-order valence-corrected chi connectivity index (χ3v) is 2.43. The summed E-state index contributed by atoms with van der Waals surface area (Å²) in [6.45, 7) is 5.29. The first kappa shape index (κ1) is 13.4. The molecule has 0 aromatic carbocycles. The van der Waals surface area contributed by atoms with Crippen LogP contribution < -0.4 is 4.90 Å². The van der Waals surface area contributed by atoms with Crippen molar-refractivity contribution in [2.75, 3.05) is 18.5 Å². The average molecular weight is 242 g/mol. The molecule has 0 aliphatic heterocycles. The van der Waals surface area contributed by atoms with E-state index in [1.807, 2.05) is 0 Å². The van der Waals surface area contributed by atoms with Crippen molar-refractivity contribution in [1.29, 1.82) is 0 Å². The van der Waals surface area contributed by atoms with E-state index >= 15 is 0 Å². The zero-order valence-corrected chi connectivity index (χ0v) is 10.8. The summed E-state index contributed by atoms with van der Waals surface area (Å²) >= 11 is 0. The van der Waals surface area contributed by atoms with Crippen LogP contribution in [0.15, 0.2) is 0 Å². The SMILES string of the molecule is Cc1nc([N+](=O)[O-])c(N(C)CC(C)(C)O)n1C. The predicted molar refractivity (Wildman–Crippen MR) is 64.2 cm³/mol. The van der Waals surface area contributed by atoms with Crippen molar-refractivity contribution in [3.05, 3.63) is 15.9 Å². The Bertz CT molecular complexity index is 433. The summed E-state index contributed by atoms with van der Waals surface area (Å²) in [4.78, 5) is 15.9. The molecule has 0 radical (unpaired) electrons. The van der Waals surface area contributed by atoms with E-state index in [0.29, 0.717) is 11.6 Å². The van der Waals surface area contributed by atoms with Crippen molar-refractivity contribution >= 4 is 11.6 Å². The second kappa shape index (κ2) is 4.33. The van der Waals surface area contributed by atoms with Gasteiger partial charge in [-0.2, -0.15) is 0 Å². The number of aromatic nitrogens is 2. The fourth-order valence-corrected chi connectivity index (χ4v) is 1.79. The monoisotopic (exact) mass is 242 g/mol. The van der Waals surface area contributed by atoms with Crippen molar-refractivity contribution in [1.82, 2.24) is 9.55 Å². The number of likely N-dealkylation sites (N-methyl/N-ethyl adjacent to an activating group) is 1. The maximum atomic E-state index is 10.9. The Morgan fingerprint density at radius 1 is 1.59 bits per heavy atom. The number of hydrogen-bond acceptors (Lipinski definition) is 5. The molecule has 0 aliphatic rings. The minimum Gasteiger partial charge on any atom is -0.389 e. The van der Waals surface area contributed by atoms with Gasteiger partial charge in [0.25, 0.3) is 0 Å². The smallest absolute Gasteiger partial charge is 0.389 e. The van der Waals surface area contributed by atoms with Gasteiger partial charge in [0, 0.05) is 27.6 Å². The van der Waals surface area contributed by atoms with Crippen LogP contribution in [0.3, 0.4) is 0 Å². The van der Waals surface area contributed by atoms with E-state index in [9.17, 15) is 15.2 Å². The molecule has 1 aromatic rings. The molecule has 0 amide bonds. The Labute approximate surface area is 99.8 Å². The van der Waals surface area contributed by atoms with Gasteiger partial charge in [-0.3, -0.25) is 4.57 Å². The minimum absolute atomic E-state index is 0.184. The molecule has 0 saturated carbocycles. The lowest BCUT2D eigenvalue weighted by Crippen LogP contribution is -2.37. The van der Waals surface area contributed by atoms with Gasteiger partial charge in [0.05, 0.1) is 5.60 Å². The highest BCUT2D eigenvalue weighted by Gasteiger charge is 2.28. The van der Waals surface area contributed by atoms with E-state index in [0.717, 1.165) is 0 Å². The van der Waals surface area contributed by atoms with Crippen LogP contribution in [0, 0.1) is 17.0 Å². The molecule has 0 aliphatic carbocycles. The van der Waals surface area contributed by atoms with E-state index in [2.05, 4.69) is 4.98 Å². The third-order valence-electron chi connectivity index (χ3n) is 2.43. The van der Waals surface area contributed by atoms with Gasteiger partial charge in [-0.15, -0.1) is 0 Å². The van der Waals surface area contributed by atoms with Gasteiger partial charge in [-0.1, -0.05) is 0 Å². The van der Waals surface area contributed by atoms with Gasteiger partial charge in [0.1, 0.15) is 0 Å². The molecule has 0 saturated heterocycles. The summed E-state index contributed by atoms with van der Waals surface area (Å²) in [7, 11) is 3.41.